The van der Waals surface area contributed by atoms with Crippen molar-refractivity contribution < 1.29 is 17.9 Å². The number of halogens is 2. The van der Waals surface area contributed by atoms with Crippen LogP contribution >= 0.6 is 11.6 Å². The lowest BCUT2D eigenvalue weighted by Gasteiger charge is -2.08. The minimum Gasteiger partial charge on any atom is -0.392 e. The Bertz CT molecular complexity index is 732. The molecule has 0 radical (unpaired) electrons. The van der Waals surface area contributed by atoms with Gasteiger partial charge in [0.2, 0.25) is 10.0 Å². The molecule has 0 unspecified atom stereocenters. The highest BCUT2D eigenvalue weighted by Gasteiger charge is 2.18. The molecule has 0 aliphatic heterocycles. The molecule has 0 spiro atoms. The van der Waals surface area contributed by atoms with E-state index in [9.17, 15) is 12.8 Å². The number of benzene rings is 2. The summed E-state index contributed by atoms with van der Waals surface area (Å²) in [6, 6.07) is 10.1. The predicted octanol–water partition coefficient (Wildman–Crippen LogP) is 2.45. The Kier molecular flexibility index (Phi) is 4.95. The van der Waals surface area contributed by atoms with Crippen molar-refractivity contribution in [2.75, 3.05) is 0 Å². The monoisotopic (exact) mass is 329 g/mol. The van der Waals surface area contributed by atoms with Crippen LogP contribution in [0.4, 0.5) is 4.39 Å². The summed E-state index contributed by atoms with van der Waals surface area (Å²) in [5.74, 6) is -0.898. The van der Waals surface area contributed by atoms with Crippen LogP contribution in [0, 0.1) is 5.82 Å². The molecule has 0 saturated heterocycles. The van der Waals surface area contributed by atoms with E-state index in [2.05, 4.69) is 4.72 Å². The molecule has 2 aromatic carbocycles. The third-order valence-corrected chi connectivity index (χ3v) is 4.52. The molecule has 0 heterocycles. The molecule has 0 bridgehead atoms. The zero-order valence-electron chi connectivity index (χ0n) is 10.9. The summed E-state index contributed by atoms with van der Waals surface area (Å²) >= 11 is 5.59. The Balaban J connectivity index is 2.13. The normalized spacial score (nSPS) is 11.6. The number of nitrogens with one attached hydrogen (secondary N) is 1. The molecule has 0 fully saturated rings. The molecule has 2 rings (SSSR count). The van der Waals surface area contributed by atoms with E-state index in [1.54, 1.807) is 24.3 Å². The maximum atomic E-state index is 13.6. The van der Waals surface area contributed by atoms with Crippen LogP contribution in [0.15, 0.2) is 47.4 Å². The highest BCUT2D eigenvalue weighted by molar-refractivity contribution is 7.89. The first kappa shape index (κ1) is 15.9. The van der Waals surface area contributed by atoms with E-state index in [1.165, 1.54) is 6.07 Å². The Hall–Kier alpha value is -1.47. The van der Waals surface area contributed by atoms with Gasteiger partial charge in [-0.3, -0.25) is 0 Å². The van der Waals surface area contributed by atoms with Crippen LogP contribution in [0.3, 0.4) is 0 Å². The molecule has 0 aliphatic rings. The van der Waals surface area contributed by atoms with E-state index in [1.807, 2.05) is 0 Å². The van der Waals surface area contributed by atoms with Crippen LogP contribution in [-0.4, -0.2) is 13.5 Å². The van der Waals surface area contributed by atoms with Crippen molar-refractivity contribution in [3.63, 3.8) is 0 Å². The van der Waals surface area contributed by atoms with Gasteiger partial charge in [-0.15, -0.1) is 0 Å². The summed E-state index contributed by atoms with van der Waals surface area (Å²) in [5.41, 5.74) is 1.43. The van der Waals surface area contributed by atoms with Crippen LogP contribution in [0.2, 0.25) is 5.02 Å². The summed E-state index contributed by atoms with van der Waals surface area (Å²) in [5, 5.41) is 9.06. The fourth-order valence-electron chi connectivity index (χ4n) is 1.71. The van der Waals surface area contributed by atoms with Crippen LogP contribution < -0.4 is 4.72 Å². The zero-order chi connectivity index (χ0) is 15.5. The summed E-state index contributed by atoms with van der Waals surface area (Å²) in [7, 11) is -3.95. The lowest BCUT2D eigenvalue weighted by atomic mass is 10.1. The fraction of sp³-hybridized carbons (Fsp3) is 0.143. The highest BCUT2D eigenvalue weighted by atomic mass is 35.5. The van der Waals surface area contributed by atoms with Gasteiger partial charge >= 0.3 is 0 Å². The van der Waals surface area contributed by atoms with Gasteiger partial charge in [0, 0.05) is 11.6 Å². The number of sulfonamides is 1. The minimum atomic E-state index is -3.95. The quantitative estimate of drug-likeness (QED) is 0.885. The van der Waals surface area contributed by atoms with Gasteiger partial charge in [0.25, 0.3) is 0 Å². The molecule has 0 saturated carbocycles. The van der Waals surface area contributed by atoms with Crippen molar-refractivity contribution in [2.45, 2.75) is 18.0 Å². The average molecular weight is 330 g/mol. The van der Waals surface area contributed by atoms with Crippen LogP contribution in [-0.2, 0) is 23.2 Å². The van der Waals surface area contributed by atoms with Gasteiger partial charge in [-0.1, -0.05) is 35.9 Å². The molecule has 2 aromatic rings. The van der Waals surface area contributed by atoms with Gasteiger partial charge in [0.05, 0.1) is 6.61 Å². The smallest absolute Gasteiger partial charge is 0.243 e. The standard InChI is InChI=1S/C14H13ClFNO3S/c15-12-5-6-14(13(16)7-12)21(19,20)17-8-10-1-3-11(9-18)4-2-10/h1-7,17-18H,8-9H2. The molecular formula is C14H13ClFNO3S. The second kappa shape index (κ2) is 6.53. The molecule has 4 nitrogen and oxygen atoms in total. The zero-order valence-corrected chi connectivity index (χ0v) is 12.5. The van der Waals surface area contributed by atoms with Gasteiger partial charge < -0.3 is 5.11 Å². The van der Waals surface area contributed by atoms with Crippen LogP contribution in [0.5, 0.6) is 0 Å². The molecular weight excluding hydrogens is 317 g/mol. The van der Waals surface area contributed by atoms with Crippen molar-refractivity contribution in [1.82, 2.24) is 4.72 Å². The predicted molar refractivity (Wildman–Crippen MR) is 77.8 cm³/mol. The van der Waals surface area contributed by atoms with Crippen molar-refractivity contribution in [3.05, 3.63) is 64.4 Å². The van der Waals surface area contributed by atoms with Gasteiger partial charge in [0.1, 0.15) is 10.7 Å². The van der Waals surface area contributed by atoms with E-state index < -0.39 is 20.7 Å². The molecule has 0 atom stereocenters. The Morgan fingerprint density at radius 3 is 2.29 bits per heavy atom. The minimum absolute atomic E-state index is 0.0239. The largest absolute Gasteiger partial charge is 0.392 e. The molecule has 0 amide bonds. The molecule has 0 aliphatic carbocycles. The molecule has 21 heavy (non-hydrogen) atoms. The second-order valence-electron chi connectivity index (χ2n) is 4.37. The number of aliphatic hydroxyl groups excluding tert-OH is 1. The first-order valence-electron chi connectivity index (χ1n) is 6.06. The number of aliphatic hydroxyl groups is 1. The molecule has 112 valence electrons. The Morgan fingerprint density at radius 2 is 1.71 bits per heavy atom. The topological polar surface area (TPSA) is 66.4 Å². The van der Waals surface area contributed by atoms with E-state index in [0.717, 1.165) is 17.7 Å². The van der Waals surface area contributed by atoms with Crippen LogP contribution in [0.25, 0.3) is 0 Å². The summed E-state index contributed by atoms with van der Waals surface area (Å²) in [6.45, 7) is -0.0574. The maximum absolute atomic E-state index is 13.6. The van der Waals surface area contributed by atoms with Crippen molar-refractivity contribution in [2.24, 2.45) is 0 Å². The number of rotatable bonds is 5. The van der Waals surface area contributed by atoms with Gasteiger partial charge in [-0.25, -0.2) is 17.5 Å². The van der Waals surface area contributed by atoms with Crippen LogP contribution in [0.1, 0.15) is 11.1 Å². The summed E-state index contributed by atoms with van der Waals surface area (Å²) in [6.07, 6.45) is 0. The maximum Gasteiger partial charge on any atom is 0.243 e. The van der Waals surface area contributed by atoms with Gasteiger partial charge in [-0.2, -0.15) is 0 Å². The first-order chi connectivity index (χ1) is 9.92. The SMILES string of the molecule is O=S(=O)(NCc1ccc(CO)cc1)c1ccc(Cl)cc1F. The van der Waals surface area contributed by atoms with Gasteiger partial charge in [-0.05, 0) is 29.3 Å². The highest BCUT2D eigenvalue weighted by Crippen LogP contribution is 2.19. The van der Waals surface area contributed by atoms with Crippen molar-refractivity contribution in [3.8, 4) is 0 Å². The van der Waals surface area contributed by atoms with E-state index in [4.69, 9.17) is 16.7 Å². The molecule has 2 N–H and O–H groups in total. The average Bonchev–Trinajstić information content (AvgIpc) is 2.45. The Labute approximate surface area is 127 Å². The third kappa shape index (κ3) is 4.01. The van der Waals surface area contributed by atoms with Crippen molar-refractivity contribution in [1.29, 1.82) is 0 Å². The second-order valence-corrected chi connectivity index (χ2v) is 6.55. The fourth-order valence-corrected chi connectivity index (χ4v) is 2.95. The van der Waals surface area contributed by atoms with E-state index in [0.29, 0.717) is 5.56 Å². The van der Waals surface area contributed by atoms with E-state index in [-0.39, 0.29) is 18.2 Å². The van der Waals surface area contributed by atoms with E-state index >= 15 is 0 Å². The molecule has 0 aromatic heterocycles. The number of hydrogen-bond donors (Lipinski definition) is 2. The van der Waals surface area contributed by atoms with Crippen molar-refractivity contribution >= 4 is 21.6 Å². The third-order valence-electron chi connectivity index (χ3n) is 2.86. The summed E-state index contributed by atoms with van der Waals surface area (Å²) in [4.78, 5) is -0.445. The molecule has 7 heteroatoms. The first-order valence-corrected chi connectivity index (χ1v) is 7.92. The summed E-state index contributed by atoms with van der Waals surface area (Å²) < 4.78 is 40.0. The lowest BCUT2D eigenvalue weighted by Crippen LogP contribution is -2.24. The lowest BCUT2D eigenvalue weighted by molar-refractivity contribution is 0.282. The van der Waals surface area contributed by atoms with Gasteiger partial charge in [0.15, 0.2) is 0 Å². The Morgan fingerprint density at radius 1 is 1.10 bits per heavy atom. The number of hydrogen-bond acceptors (Lipinski definition) is 3.